The van der Waals surface area contributed by atoms with Gasteiger partial charge in [-0.15, -0.1) is 0 Å². The number of rotatable bonds is 5. The van der Waals surface area contributed by atoms with Crippen LogP contribution < -0.4 is 4.74 Å². The molecule has 3 nitrogen and oxygen atoms in total. The van der Waals surface area contributed by atoms with E-state index in [0.717, 1.165) is 28.5 Å². The quantitative estimate of drug-likeness (QED) is 0.829. The molecule has 0 unspecified atom stereocenters. The van der Waals surface area contributed by atoms with Crippen LogP contribution in [0.3, 0.4) is 0 Å². The van der Waals surface area contributed by atoms with Crippen LogP contribution in [0, 0.1) is 5.92 Å². The van der Waals surface area contributed by atoms with Crippen molar-refractivity contribution < 1.29 is 14.6 Å². The van der Waals surface area contributed by atoms with Crippen LogP contribution in [0.25, 0.3) is 6.08 Å². The van der Waals surface area contributed by atoms with Gasteiger partial charge >= 0.3 is 5.97 Å². The number of halogens is 1. The van der Waals surface area contributed by atoms with Crippen LogP contribution in [0.2, 0.25) is 0 Å². The van der Waals surface area contributed by atoms with Crippen LogP contribution in [0.4, 0.5) is 0 Å². The van der Waals surface area contributed by atoms with Gasteiger partial charge in [0.1, 0.15) is 5.75 Å². The predicted molar refractivity (Wildman–Crippen MR) is 78.3 cm³/mol. The Hall–Kier alpha value is -1.29. The minimum absolute atomic E-state index is 0.639. The fraction of sp³-hybridized carbons (Fsp3) is 0.400. The van der Waals surface area contributed by atoms with Crippen molar-refractivity contribution >= 4 is 28.0 Å². The number of benzene rings is 1. The summed E-state index contributed by atoms with van der Waals surface area (Å²) in [5.41, 5.74) is 0.787. The average Bonchev–Trinajstić information content (AvgIpc) is 2.88. The first-order chi connectivity index (χ1) is 9.15. The molecule has 0 saturated heterocycles. The molecule has 1 fully saturated rings. The lowest BCUT2D eigenvalue weighted by atomic mass is 10.1. The van der Waals surface area contributed by atoms with Gasteiger partial charge in [0, 0.05) is 16.1 Å². The summed E-state index contributed by atoms with van der Waals surface area (Å²) in [6.07, 6.45) is 7.75. The van der Waals surface area contributed by atoms with Crippen LogP contribution in [0.5, 0.6) is 5.75 Å². The number of hydrogen-bond acceptors (Lipinski definition) is 2. The summed E-state index contributed by atoms with van der Waals surface area (Å²) < 4.78 is 6.75. The molecule has 0 aromatic heterocycles. The maximum absolute atomic E-state index is 10.6. The summed E-state index contributed by atoms with van der Waals surface area (Å²) in [4.78, 5) is 10.6. The van der Waals surface area contributed by atoms with E-state index < -0.39 is 5.97 Å². The minimum Gasteiger partial charge on any atom is -0.493 e. The maximum atomic E-state index is 10.6. The third-order valence-electron chi connectivity index (χ3n) is 3.33. The van der Waals surface area contributed by atoms with Crippen molar-refractivity contribution in [1.82, 2.24) is 0 Å². The first-order valence-corrected chi connectivity index (χ1v) is 7.28. The average molecular weight is 325 g/mol. The van der Waals surface area contributed by atoms with Gasteiger partial charge in [0.15, 0.2) is 0 Å². The van der Waals surface area contributed by atoms with Gasteiger partial charge in [-0.3, -0.25) is 0 Å². The first kappa shape index (κ1) is 14.1. The summed E-state index contributed by atoms with van der Waals surface area (Å²) in [5.74, 6) is 0.425. The molecule has 1 aliphatic carbocycles. The summed E-state index contributed by atoms with van der Waals surface area (Å²) in [5, 5.41) is 8.70. The van der Waals surface area contributed by atoms with Crippen molar-refractivity contribution in [2.45, 2.75) is 25.7 Å². The van der Waals surface area contributed by atoms with Crippen LogP contribution in [-0.2, 0) is 4.79 Å². The highest BCUT2D eigenvalue weighted by molar-refractivity contribution is 9.10. The topological polar surface area (TPSA) is 46.5 Å². The smallest absolute Gasteiger partial charge is 0.328 e. The molecule has 1 aliphatic rings. The molecular formula is C15H17BrO3. The highest BCUT2D eigenvalue weighted by Crippen LogP contribution is 2.28. The molecule has 1 aromatic carbocycles. The van der Waals surface area contributed by atoms with Crippen LogP contribution in [-0.4, -0.2) is 17.7 Å². The van der Waals surface area contributed by atoms with Crippen molar-refractivity contribution in [2.24, 2.45) is 5.92 Å². The van der Waals surface area contributed by atoms with Gasteiger partial charge in [0.05, 0.1) is 6.61 Å². The Morgan fingerprint density at radius 1 is 1.42 bits per heavy atom. The van der Waals surface area contributed by atoms with Crippen LogP contribution in [0.15, 0.2) is 28.7 Å². The Morgan fingerprint density at radius 3 is 2.84 bits per heavy atom. The van der Waals surface area contributed by atoms with E-state index in [0.29, 0.717) is 5.92 Å². The SMILES string of the molecule is O=C(O)C=Cc1cc(Br)ccc1OCC1CCCC1. The van der Waals surface area contributed by atoms with Gasteiger partial charge in [0.25, 0.3) is 0 Å². The van der Waals surface area contributed by atoms with E-state index in [1.165, 1.54) is 25.7 Å². The van der Waals surface area contributed by atoms with Gasteiger partial charge in [-0.1, -0.05) is 28.8 Å². The normalized spacial score (nSPS) is 16.1. The molecule has 0 atom stereocenters. The Kier molecular flexibility index (Phi) is 5.02. The summed E-state index contributed by atoms with van der Waals surface area (Å²) >= 11 is 3.38. The highest BCUT2D eigenvalue weighted by atomic mass is 79.9. The molecule has 0 bridgehead atoms. The molecule has 4 heteroatoms. The molecule has 0 heterocycles. The van der Waals surface area contributed by atoms with Crippen molar-refractivity contribution in [3.05, 3.63) is 34.3 Å². The third-order valence-corrected chi connectivity index (χ3v) is 3.82. The van der Waals surface area contributed by atoms with E-state index in [1.807, 2.05) is 18.2 Å². The second kappa shape index (κ2) is 6.75. The minimum atomic E-state index is -0.957. The van der Waals surface area contributed by atoms with Crippen molar-refractivity contribution in [3.8, 4) is 5.75 Å². The highest BCUT2D eigenvalue weighted by Gasteiger charge is 2.16. The van der Waals surface area contributed by atoms with E-state index in [2.05, 4.69) is 15.9 Å². The molecular weight excluding hydrogens is 308 g/mol. The molecule has 102 valence electrons. The summed E-state index contributed by atoms with van der Waals surface area (Å²) in [7, 11) is 0. The van der Waals surface area contributed by atoms with Crippen LogP contribution >= 0.6 is 15.9 Å². The standard InChI is InChI=1S/C15H17BrO3/c16-13-6-7-14(12(9-13)5-8-15(17)18)19-10-11-3-1-2-4-11/h5-9,11H,1-4,10H2,(H,17,18). The lowest BCUT2D eigenvalue weighted by molar-refractivity contribution is -0.131. The van der Waals surface area contributed by atoms with E-state index in [-0.39, 0.29) is 0 Å². The largest absolute Gasteiger partial charge is 0.493 e. The van der Waals surface area contributed by atoms with Gasteiger partial charge in [-0.25, -0.2) is 4.79 Å². The number of ether oxygens (including phenoxy) is 1. The molecule has 1 N–H and O–H groups in total. The summed E-state index contributed by atoms with van der Waals surface area (Å²) in [6, 6.07) is 5.64. The maximum Gasteiger partial charge on any atom is 0.328 e. The number of carboxylic acid groups (broad SMARTS) is 1. The Balaban J connectivity index is 2.07. The number of aliphatic carboxylic acids is 1. The van der Waals surface area contributed by atoms with Gasteiger partial charge in [-0.2, -0.15) is 0 Å². The monoisotopic (exact) mass is 324 g/mol. The second-order valence-corrected chi connectivity index (χ2v) is 5.73. The molecule has 2 rings (SSSR count). The zero-order valence-electron chi connectivity index (χ0n) is 10.6. The zero-order valence-corrected chi connectivity index (χ0v) is 12.2. The van der Waals surface area contributed by atoms with Crippen molar-refractivity contribution in [2.75, 3.05) is 6.61 Å². The fourth-order valence-electron chi connectivity index (χ4n) is 2.33. The first-order valence-electron chi connectivity index (χ1n) is 6.48. The van der Waals surface area contributed by atoms with Crippen molar-refractivity contribution in [1.29, 1.82) is 0 Å². The molecule has 0 aliphatic heterocycles. The number of hydrogen-bond donors (Lipinski definition) is 1. The van der Waals surface area contributed by atoms with Gasteiger partial charge in [0.2, 0.25) is 0 Å². The Morgan fingerprint density at radius 2 is 2.16 bits per heavy atom. The molecule has 19 heavy (non-hydrogen) atoms. The lowest BCUT2D eigenvalue weighted by Gasteiger charge is -2.13. The van der Waals surface area contributed by atoms with Gasteiger partial charge in [-0.05, 0) is 43.0 Å². The number of carbonyl (C=O) groups is 1. The molecule has 0 spiro atoms. The Bertz CT molecular complexity index is 476. The molecule has 0 radical (unpaired) electrons. The molecule has 1 saturated carbocycles. The zero-order chi connectivity index (χ0) is 13.7. The lowest BCUT2D eigenvalue weighted by Crippen LogP contribution is -2.08. The Labute approximate surface area is 121 Å². The fourth-order valence-corrected chi connectivity index (χ4v) is 2.71. The van der Waals surface area contributed by atoms with E-state index in [9.17, 15) is 4.79 Å². The van der Waals surface area contributed by atoms with Gasteiger partial charge < -0.3 is 9.84 Å². The second-order valence-electron chi connectivity index (χ2n) is 4.82. The van der Waals surface area contributed by atoms with E-state index in [1.54, 1.807) is 6.08 Å². The summed E-state index contributed by atoms with van der Waals surface area (Å²) in [6.45, 7) is 0.718. The third kappa shape index (κ3) is 4.39. The molecule has 0 amide bonds. The van der Waals surface area contributed by atoms with E-state index in [4.69, 9.17) is 9.84 Å². The van der Waals surface area contributed by atoms with Crippen LogP contribution in [0.1, 0.15) is 31.2 Å². The van der Waals surface area contributed by atoms with E-state index >= 15 is 0 Å². The predicted octanol–water partition coefficient (Wildman–Crippen LogP) is 4.12. The number of carboxylic acids is 1. The molecule has 1 aromatic rings. The van der Waals surface area contributed by atoms with Crippen molar-refractivity contribution in [3.63, 3.8) is 0 Å².